The Labute approximate surface area is 123 Å². The molecule has 1 atom stereocenters. The predicted octanol–water partition coefficient (Wildman–Crippen LogP) is 4.22. The van der Waals surface area contributed by atoms with Gasteiger partial charge in [-0.3, -0.25) is 0 Å². The van der Waals surface area contributed by atoms with Crippen molar-refractivity contribution in [3.8, 4) is 0 Å². The normalized spacial score (nSPS) is 20.3. The Hall–Kier alpha value is -0.530. The molecule has 0 aliphatic heterocycles. The zero-order chi connectivity index (χ0) is 12.5. The van der Waals surface area contributed by atoms with Gasteiger partial charge in [0, 0.05) is 6.04 Å². The van der Waals surface area contributed by atoms with E-state index in [0.29, 0.717) is 6.04 Å². The van der Waals surface area contributed by atoms with E-state index in [2.05, 4.69) is 31.3 Å². The molecular formula is C17H26ClN. The van der Waals surface area contributed by atoms with Crippen LogP contribution < -0.4 is 5.32 Å². The molecule has 0 amide bonds. The van der Waals surface area contributed by atoms with Gasteiger partial charge in [-0.15, -0.1) is 12.4 Å². The number of nitrogens with one attached hydrogen (secondary N) is 1. The van der Waals surface area contributed by atoms with Gasteiger partial charge in [-0.2, -0.15) is 0 Å². The molecule has 0 spiro atoms. The predicted molar refractivity (Wildman–Crippen MR) is 84.2 cm³/mol. The summed E-state index contributed by atoms with van der Waals surface area (Å²) in [5.74, 6) is 0.804. The second-order valence-corrected chi connectivity index (χ2v) is 6.40. The molecule has 0 heterocycles. The first-order chi connectivity index (χ1) is 8.74. The SMILES string of the molecule is CC(C)CCNC1CCc2cc3c(cc21)CCC3.Cl. The largest absolute Gasteiger partial charge is 0.310 e. The molecule has 2 aliphatic carbocycles. The molecule has 1 aromatic carbocycles. The average Bonchev–Trinajstić information content (AvgIpc) is 2.92. The summed E-state index contributed by atoms with van der Waals surface area (Å²) < 4.78 is 0. The molecule has 0 aromatic heterocycles. The van der Waals surface area contributed by atoms with Crippen molar-refractivity contribution in [2.75, 3.05) is 6.54 Å². The molecule has 0 radical (unpaired) electrons. The second-order valence-electron chi connectivity index (χ2n) is 6.40. The summed E-state index contributed by atoms with van der Waals surface area (Å²) in [6.07, 6.45) is 7.86. The van der Waals surface area contributed by atoms with Crippen LogP contribution in [0.2, 0.25) is 0 Å². The molecule has 1 unspecified atom stereocenters. The van der Waals surface area contributed by atoms with Gasteiger partial charge in [0.1, 0.15) is 0 Å². The molecule has 106 valence electrons. The average molecular weight is 280 g/mol. The molecule has 1 nitrogen and oxygen atoms in total. The summed E-state index contributed by atoms with van der Waals surface area (Å²) in [5, 5.41) is 3.76. The number of halogens is 1. The monoisotopic (exact) mass is 279 g/mol. The van der Waals surface area contributed by atoms with Crippen LogP contribution in [-0.2, 0) is 19.3 Å². The van der Waals surface area contributed by atoms with Crippen LogP contribution in [0.15, 0.2) is 12.1 Å². The van der Waals surface area contributed by atoms with E-state index >= 15 is 0 Å². The molecule has 1 N–H and O–H groups in total. The number of rotatable bonds is 4. The van der Waals surface area contributed by atoms with Crippen LogP contribution in [0, 0.1) is 5.92 Å². The number of hydrogen-bond donors (Lipinski definition) is 1. The van der Waals surface area contributed by atoms with Gasteiger partial charge >= 0.3 is 0 Å². The lowest BCUT2D eigenvalue weighted by molar-refractivity contribution is 0.476. The lowest BCUT2D eigenvalue weighted by atomic mass is 10.0. The summed E-state index contributed by atoms with van der Waals surface area (Å²) in [7, 11) is 0. The van der Waals surface area contributed by atoms with Crippen LogP contribution >= 0.6 is 12.4 Å². The smallest absolute Gasteiger partial charge is 0.0326 e. The maximum Gasteiger partial charge on any atom is 0.0326 e. The third-order valence-electron chi connectivity index (χ3n) is 4.54. The van der Waals surface area contributed by atoms with Gasteiger partial charge in [-0.05, 0) is 73.2 Å². The highest BCUT2D eigenvalue weighted by atomic mass is 35.5. The summed E-state index contributed by atoms with van der Waals surface area (Å²) >= 11 is 0. The Morgan fingerprint density at radius 2 is 1.84 bits per heavy atom. The molecule has 2 heteroatoms. The van der Waals surface area contributed by atoms with Crippen molar-refractivity contribution >= 4 is 12.4 Å². The Morgan fingerprint density at radius 3 is 2.58 bits per heavy atom. The van der Waals surface area contributed by atoms with Gasteiger partial charge in [0.25, 0.3) is 0 Å². The number of fused-ring (bicyclic) bond motifs is 2. The molecule has 0 bridgehead atoms. The zero-order valence-electron chi connectivity index (χ0n) is 12.2. The van der Waals surface area contributed by atoms with Crippen molar-refractivity contribution in [1.82, 2.24) is 5.32 Å². The van der Waals surface area contributed by atoms with E-state index in [-0.39, 0.29) is 12.4 Å². The van der Waals surface area contributed by atoms with E-state index in [9.17, 15) is 0 Å². The van der Waals surface area contributed by atoms with E-state index < -0.39 is 0 Å². The maximum atomic E-state index is 3.76. The quantitative estimate of drug-likeness (QED) is 0.870. The molecular weight excluding hydrogens is 254 g/mol. The summed E-state index contributed by atoms with van der Waals surface area (Å²) in [6, 6.07) is 5.64. The van der Waals surface area contributed by atoms with E-state index in [1.165, 1.54) is 45.1 Å². The summed E-state index contributed by atoms with van der Waals surface area (Å²) in [6.45, 7) is 5.77. The van der Waals surface area contributed by atoms with Crippen molar-refractivity contribution < 1.29 is 0 Å². The molecule has 2 aliphatic rings. The number of aryl methyl sites for hydroxylation is 3. The van der Waals surface area contributed by atoms with Crippen LogP contribution in [0.5, 0.6) is 0 Å². The van der Waals surface area contributed by atoms with Crippen LogP contribution in [-0.4, -0.2) is 6.54 Å². The van der Waals surface area contributed by atoms with Gasteiger partial charge < -0.3 is 5.32 Å². The van der Waals surface area contributed by atoms with Gasteiger partial charge in [0.15, 0.2) is 0 Å². The third kappa shape index (κ3) is 3.14. The maximum absolute atomic E-state index is 3.76. The highest BCUT2D eigenvalue weighted by Gasteiger charge is 2.24. The first-order valence-electron chi connectivity index (χ1n) is 7.62. The Bertz CT molecular complexity index is 439. The first kappa shape index (κ1) is 14.9. The zero-order valence-corrected chi connectivity index (χ0v) is 13.0. The third-order valence-corrected chi connectivity index (χ3v) is 4.54. The Kier molecular flexibility index (Phi) is 4.92. The Morgan fingerprint density at radius 1 is 1.11 bits per heavy atom. The van der Waals surface area contributed by atoms with E-state index in [1.807, 2.05) is 0 Å². The van der Waals surface area contributed by atoms with Crippen molar-refractivity contribution in [1.29, 1.82) is 0 Å². The molecule has 0 saturated heterocycles. The summed E-state index contributed by atoms with van der Waals surface area (Å²) in [4.78, 5) is 0. The topological polar surface area (TPSA) is 12.0 Å². The van der Waals surface area contributed by atoms with Crippen molar-refractivity contribution in [3.05, 3.63) is 34.4 Å². The first-order valence-corrected chi connectivity index (χ1v) is 7.62. The van der Waals surface area contributed by atoms with Gasteiger partial charge in [0.05, 0.1) is 0 Å². The molecule has 19 heavy (non-hydrogen) atoms. The number of hydrogen-bond acceptors (Lipinski definition) is 1. The van der Waals surface area contributed by atoms with Crippen LogP contribution in [0.3, 0.4) is 0 Å². The van der Waals surface area contributed by atoms with E-state index in [4.69, 9.17) is 0 Å². The fourth-order valence-electron chi connectivity index (χ4n) is 3.45. The van der Waals surface area contributed by atoms with E-state index in [0.717, 1.165) is 5.92 Å². The highest BCUT2D eigenvalue weighted by molar-refractivity contribution is 5.85. The van der Waals surface area contributed by atoms with E-state index in [1.54, 1.807) is 22.3 Å². The minimum Gasteiger partial charge on any atom is -0.310 e. The van der Waals surface area contributed by atoms with Crippen molar-refractivity contribution in [2.24, 2.45) is 5.92 Å². The number of benzene rings is 1. The van der Waals surface area contributed by atoms with Crippen molar-refractivity contribution in [3.63, 3.8) is 0 Å². The standard InChI is InChI=1S/C17H25N.ClH/c1-12(2)8-9-18-17-7-6-15-10-13-4-3-5-14(13)11-16(15)17;/h10-12,17-18H,3-9H2,1-2H3;1H. The minimum atomic E-state index is 0. The molecule has 0 fully saturated rings. The molecule has 1 aromatic rings. The van der Waals surface area contributed by atoms with Crippen LogP contribution in [0.25, 0.3) is 0 Å². The minimum absolute atomic E-state index is 0. The summed E-state index contributed by atoms with van der Waals surface area (Å²) in [5.41, 5.74) is 6.50. The molecule has 0 saturated carbocycles. The van der Waals surface area contributed by atoms with Crippen molar-refractivity contribution in [2.45, 2.75) is 58.4 Å². The lowest BCUT2D eigenvalue weighted by Gasteiger charge is -2.16. The lowest BCUT2D eigenvalue weighted by Crippen LogP contribution is -2.21. The van der Waals surface area contributed by atoms with Gasteiger partial charge in [-0.25, -0.2) is 0 Å². The molecule has 3 rings (SSSR count). The van der Waals surface area contributed by atoms with Crippen LogP contribution in [0.4, 0.5) is 0 Å². The second kappa shape index (κ2) is 6.28. The Balaban J connectivity index is 0.00000133. The van der Waals surface area contributed by atoms with Crippen LogP contribution in [0.1, 0.15) is 61.4 Å². The van der Waals surface area contributed by atoms with Gasteiger partial charge in [0.2, 0.25) is 0 Å². The fraction of sp³-hybridized carbons (Fsp3) is 0.647. The highest BCUT2D eigenvalue weighted by Crippen LogP contribution is 2.35. The fourth-order valence-corrected chi connectivity index (χ4v) is 3.45. The van der Waals surface area contributed by atoms with Gasteiger partial charge in [-0.1, -0.05) is 26.0 Å².